The predicted octanol–water partition coefficient (Wildman–Crippen LogP) is 2.28. The van der Waals surface area contributed by atoms with Gasteiger partial charge in [-0.1, -0.05) is 6.07 Å². The molecule has 7 heteroatoms. The number of imidazole rings is 1. The first-order valence-electron chi connectivity index (χ1n) is 8.91. The molecule has 0 atom stereocenters. The van der Waals surface area contributed by atoms with Gasteiger partial charge in [-0.3, -0.25) is 4.79 Å². The van der Waals surface area contributed by atoms with E-state index in [9.17, 15) is 4.79 Å². The van der Waals surface area contributed by atoms with Crippen LogP contribution in [0.4, 0.5) is 0 Å². The first kappa shape index (κ1) is 17.4. The number of rotatable bonds is 4. The van der Waals surface area contributed by atoms with Gasteiger partial charge in [0.15, 0.2) is 5.65 Å². The highest BCUT2D eigenvalue weighted by molar-refractivity contribution is 5.85. The summed E-state index contributed by atoms with van der Waals surface area (Å²) >= 11 is 0. The van der Waals surface area contributed by atoms with Gasteiger partial charge in [-0.25, -0.2) is 14.2 Å². The Morgan fingerprint density at radius 3 is 2.74 bits per heavy atom. The molecule has 0 aliphatic carbocycles. The smallest absolute Gasteiger partial charge is 0.274 e. The van der Waals surface area contributed by atoms with Gasteiger partial charge in [0.1, 0.15) is 0 Å². The average Bonchev–Trinajstić information content (AvgIpc) is 3.01. The van der Waals surface area contributed by atoms with Crippen LogP contribution >= 0.6 is 0 Å². The largest absolute Gasteiger partial charge is 0.308 e. The van der Waals surface area contributed by atoms with Crippen molar-refractivity contribution in [2.75, 3.05) is 20.6 Å². The van der Waals surface area contributed by atoms with E-state index in [1.807, 2.05) is 67.8 Å². The maximum absolute atomic E-state index is 12.7. The molecule has 0 fully saturated rings. The van der Waals surface area contributed by atoms with Crippen molar-refractivity contribution in [3.63, 3.8) is 0 Å². The van der Waals surface area contributed by atoms with Gasteiger partial charge in [0, 0.05) is 17.5 Å². The van der Waals surface area contributed by atoms with E-state index < -0.39 is 0 Å². The highest BCUT2D eigenvalue weighted by Gasteiger charge is 2.10. The summed E-state index contributed by atoms with van der Waals surface area (Å²) in [4.78, 5) is 19.2. The van der Waals surface area contributed by atoms with Crippen molar-refractivity contribution in [1.82, 2.24) is 29.3 Å². The van der Waals surface area contributed by atoms with Crippen LogP contribution in [0.3, 0.4) is 0 Å². The number of likely N-dealkylation sites (N-methyl/N-ethyl adjacent to an activating group) is 1. The summed E-state index contributed by atoms with van der Waals surface area (Å²) in [5.74, 6) is 0. The van der Waals surface area contributed by atoms with Gasteiger partial charge >= 0.3 is 0 Å². The Morgan fingerprint density at radius 1 is 1.15 bits per heavy atom. The lowest BCUT2D eigenvalue weighted by Gasteiger charge is -2.11. The minimum Gasteiger partial charge on any atom is -0.308 e. The summed E-state index contributed by atoms with van der Waals surface area (Å²) < 4.78 is 3.33. The van der Waals surface area contributed by atoms with Gasteiger partial charge in [0.05, 0.1) is 35.7 Å². The normalized spacial score (nSPS) is 11.7. The standard InChI is InChI=1S/C20H22N6O/c1-13-9-18(23-26-12-14(2)22-19(13)26)15-5-6-17-16(10-15)11-21-25(20(17)27)8-7-24(3)4/h5-6,9-12H,7-8H2,1-4H3. The first-order chi connectivity index (χ1) is 12.9. The lowest BCUT2D eigenvalue weighted by molar-refractivity contribution is 0.368. The fourth-order valence-corrected chi connectivity index (χ4v) is 3.19. The zero-order valence-corrected chi connectivity index (χ0v) is 16.0. The first-order valence-corrected chi connectivity index (χ1v) is 8.91. The van der Waals surface area contributed by atoms with Crippen LogP contribution in [0.5, 0.6) is 0 Å². The topological polar surface area (TPSA) is 68.3 Å². The molecule has 4 rings (SSSR count). The maximum atomic E-state index is 12.7. The highest BCUT2D eigenvalue weighted by atomic mass is 16.1. The van der Waals surface area contributed by atoms with E-state index in [2.05, 4.69) is 15.2 Å². The molecule has 0 radical (unpaired) electrons. The summed E-state index contributed by atoms with van der Waals surface area (Å²) in [6.45, 7) is 5.32. The molecule has 3 heterocycles. The molecule has 138 valence electrons. The van der Waals surface area contributed by atoms with Crippen LogP contribution in [0.1, 0.15) is 11.3 Å². The van der Waals surface area contributed by atoms with Crippen LogP contribution in [0.15, 0.2) is 41.5 Å². The van der Waals surface area contributed by atoms with Crippen molar-refractivity contribution >= 4 is 16.4 Å². The third-order valence-electron chi connectivity index (χ3n) is 4.64. The molecule has 0 saturated carbocycles. The third-order valence-corrected chi connectivity index (χ3v) is 4.64. The zero-order chi connectivity index (χ0) is 19.1. The maximum Gasteiger partial charge on any atom is 0.274 e. The van der Waals surface area contributed by atoms with E-state index >= 15 is 0 Å². The fraction of sp³-hybridized carbons (Fsp3) is 0.300. The Balaban J connectivity index is 1.78. The second kappa shape index (κ2) is 6.59. The van der Waals surface area contributed by atoms with Crippen molar-refractivity contribution in [2.24, 2.45) is 0 Å². The van der Waals surface area contributed by atoms with E-state index in [-0.39, 0.29) is 5.56 Å². The van der Waals surface area contributed by atoms with Gasteiger partial charge in [0.25, 0.3) is 5.56 Å². The SMILES string of the molecule is Cc1cn2nc(-c3ccc4c(=O)n(CCN(C)C)ncc4c3)cc(C)c2n1. The van der Waals surface area contributed by atoms with Gasteiger partial charge in [0.2, 0.25) is 0 Å². The number of benzene rings is 1. The average molecular weight is 362 g/mol. The molecule has 1 aromatic carbocycles. The third kappa shape index (κ3) is 3.21. The monoisotopic (exact) mass is 362 g/mol. The summed E-state index contributed by atoms with van der Waals surface area (Å²) in [5, 5.41) is 10.5. The van der Waals surface area contributed by atoms with Crippen LogP contribution < -0.4 is 5.56 Å². The van der Waals surface area contributed by atoms with Gasteiger partial charge in [-0.05, 0) is 51.7 Å². The van der Waals surface area contributed by atoms with E-state index in [4.69, 9.17) is 0 Å². The Morgan fingerprint density at radius 2 is 1.96 bits per heavy atom. The molecule has 0 aliphatic rings. The second-order valence-corrected chi connectivity index (χ2v) is 7.14. The Labute approximate surface area is 156 Å². The summed E-state index contributed by atoms with van der Waals surface area (Å²) in [7, 11) is 3.96. The van der Waals surface area contributed by atoms with Crippen molar-refractivity contribution in [1.29, 1.82) is 0 Å². The number of aryl methyl sites for hydroxylation is 2. The minimum atomic E-state index is -0.0641. The minimum absolute atomic E-state index is 0.0641. The lowest BCUT2D eigenvalue weighted by Crippen LogP contribution is -2.28. The predicted molar refractivity (Wildman–Crippen MR) is 106 cm³/mol. The van der Waals surface area contributed by atoms with Crippen LogP contribution in [0.25, 0.3) is 27.7 Å². The number of hydrogen-bond acceptors (Lipinski definition) is 5. The fourth-order valence-electron chi connectivity index (χ4n) is 3.19. The molecule has 0 spiro atoms. The molecule has 0 aliphatic heterocycles. The zero-order valence-electron chi connectivity index (χ0n) is 16.0. The molecule has 4 aromatic rings. The highest BCUT2D eigenvalue weighted by Crippen LogP contribution is 2.23. The van der Waals surface area contributed by atoms with Crippen LogP contribution in [0.2, 0.25) is 0 Å². The summed E-state index contributed by atoms with van der Waals surface area (Å²) in [5.41, 5.74) is 4.59. The number of nitrogens with zero attached hydrogens (tertiary/aromatic N) is 6. The molecular formula is C20H22N6O. The number of hydrogen-bond donors (Lipinski definition) is 0. The van der Waals surface area contributed by atoms with Crippen molar-refractivity contribution < 1.29 is 0 Å². The molecule has 0 saturated heterocycles. The van der Waals surface area contributed by atoms with Crippen LogP contribution in [-0.4, -0.2) is 49.9 Å². The summed E-state index contributed by atoms with van der Waals surface area (Å²) in [6, 6.07) is 7.80. The molecule has 3 aromatic heterocycles. The molecule has 27 heavy (non-hydrogen) atoms. The molecule has 7 nitrogen and oxygen atoms in total. The second-order valence-electron chi connectivity index (χ2n) is 7.14. The van der Waals surface area contributed by atoms with Crippen molar-refractivity contribution in [3.8, 4) is 11.3 Å². The summed E-state index contributed by atoms with van der Waals surface area (Å²) in [6.07, 6.45) is 3.67. The van der Waals surface area contributed by atoms with Crippen molar-refractivity contribution in [2.45, 2.75) is 20.4 Å². The van der Waals surface area contributed by atoms with Crippen LogP contribution in [-0.2, 0) is 6.54 Å². The van der Waals surface area contributed by atoms with Crippen molar-refractivity contribution in [3.05, 3.63) is 58.3 Å². The Bertz CT molecular complexity index is 1200. The molecule has 0 N–H and O–H groups in total. The molecule has 0 bridgehead atoms. The Hall–Kier alpha value is -3.06. The van der Waals surface area contributed by atoms with Crippen LogP contribution in [0, 0.1) is 13.8 Å². The molecule has 0 amide bonds. The van der Waals surface area contributed by atoms with E-state index in [0.29, 0.717) is 11.9 Å². The lowest BCUT2D eigenvalue weighted by atomic mass is 10.1. The van der Waals surface area contributed by atoms with Gasteiger partial charge in [-0.15, -0.1) is 0 Å². The Kier molecular flexibility index (Phi) is 4.24. The molecule has 0 unspecified atom stereocenters. The number of fused-ring (bicyclic) bond motifs is 2. The van der Waals surface area contributed by atoms with E-state index in [1.165, 1.54) is 4.68 Å². The number of aromatic nitrogens is 5. The van der Waals surface area contributed by atoms with Gasteiger partial charge in [-0.2, -0.15) is 10.2 Å². The molecular weight excluding hydrogens is 340 g/mol. The van der Waals surface area contributed by atoms with Gasteiger partial charge < -0.3 is 4.90 Å². The van der Waals surface area contributed by atoms with E-state index in [1.54, 1.807) is 6.20 Å². The van der Waals surface area contributed by atoms with E-state index in [0.717, 1.165) is 40.1 Å². The quantitative estimate of drug-likeness (QED) is 0.557.